The van der Waals surface area contributed by atoms with Gasteiger partial charge in [-0.25, -0.2) is 0 Å². The number of ether oxygens (including phenoxy) is 2. The average molecular weight is 595 g/mol. The number of fused-ring (bicyclic) bond motifs is 6. The Labute approximate surface area is 258 Å². The Morgan fingerprint density at radius 3 is 2.19 bits per heavy atom. The van der Waals surface area contributed by atoms with Crippen LogP contribution >= 0.6 is 0 Å². The molecule has 4 nitrogen and oxygen atoms in total. The molecular formula is C38H46O4Si. The van der Waals surface area contributed by atoms with Crippen molar-refractivity contribution in [3.8, 4) is 5.75 Å². The number of aliphatic hydroxyl groups is 1. The molecule has 0 aromatic heterocycles. The Balaban J connectivity index is 1.28. The van der Waals surface area contributed by atoms with Crippen LogP contribution in [0.5, 0.6) is 5.75 Å². The minimum atomic E-state index is -2.71. The first-order valence-corrected chi connectivity index (χ1v) is 18.1. The van der Waals surface area contributed by atoms with Gasteiger partial charge in [-0.15, -0.1) is 0 Å². The fraction of sp³-hybridized carbons (Fsp3) is 0.474. The van der Waals surface area contributed by atoms with Crippen LogP contribution < -0.4 is 14.8 Å². The third kappa shape index (κ3) is 4.41. The van der Waals surface area contributed by atoms with E-state index in [2.05, 4.69) is 113 Å². The molecule has 2 saturated carbocycles. The fourth-order valence-corrected chi connectivity index (χ4v) is 14.0. The van der Waals surface area contributed by atoms with Crippen molar-refractivity contribution in [2.24, 2.45) is 17.3 Å². The van der Waals surface area contributed by atoms with E-state index >= 15 is 0 Å². The quantitative estimate of drug-likeness (QED) is 0.262. The molecule has 4 atom stereocenters. The molecule has 5 heteroatoms. The van der Waals surface area contributed by atoms with E-state index in [-0.39, 0.29) is 17.1 Å². The van der Waals surface area contributed by atoms with Crippen molar-refractivity contribution in [2.75, 3.05) is 19.8 Å². The predicted molar refractivity (Wildman–Crippen MR) is 174 cm³/mol. The second-order valence-electron chi connectivity index (χ2n) is 14.5. The third-order valence-electron chi connectivity index (χ3n) is 11.4. The lowest BCUT2D eigenvalue weighted by molar-refractivity contribution is -0.232. The summed E-state index contributed by atoms with van der Waals surface area (Å²) in [7, 11) is -2.71. The maximum atomic E-state index is 10.1. The molecule has 1 aliphatic heterocycles. The Bertz CT molecular complexity index is 1450. The van der Waals surface area contributed by atoms with Crippen molar-refractivity contribution in [3.05, 3.63) is 102 Å². The highest BCUT2D eigenvalue weighted by Gasteiger charge is 2.66. The largest absolute Gasteiger partial charge is 0.534 e. The Hall–Kier alpha value is -2.70. The normalized spacial score (nSPS) is 28.9. The predicted octanol–water partition coefficient (Wildman–Crippen LogP) is 6.75. The van der Waals surface area contributed by atoms with Crippen molar-refractivity contribution < 1.29 is 19.0 Å². The molecule has 3 fully saturated rings. The Morgan fingerprint density at radius 2 is 1.58 bits per heavy atom. The van der Waals surface area contributed by atoms with Gasteiger partial charge in [0.25, 0.3) is 0 Å². The van der Waals surface area contributed by atoms with E-state index in [4.69, 9.17) is 13.9 Å². The molecule has 3 aliphatic carbocycles. The van der Waals surface area contributed by atoms with Gasteiger partial charge in [-0.3, -0.25) is 0 Å². The van der Waals surface area contributed by atoms with Crippen LogP contribution in [0.1, 0.15) is 70.4 Å². The van der Waals surface area contributed by atoms with Crippen molar-refractivity contribution in [1.82, 2.24) is 0 Å². The zero-order valence-corrected chi connectivity index (χ0v) is 27.1. The lowest BCUT2D eigenvalue weighted by Crippen LogP contribution is -2.68. The molecule has 1 heterocycles. The zero-order valence-electron chi connectivity index (χ0n) is 26.1. The number of allylic oxidation sites excluding steroid dienone is 1. The smallest absolute Gasteiger partial charge is 0.319 e. The van der Waals surface area contributed by atoms with Crippen LogP contribution in [-0.4, -0.2) is 39.0 Å². The van der Waals surface area contributed by atoms with Gasteiger partial charge in [0.05, 0.1) is 19.8 Å². The van der Waals surface area contributed by atoms with Crippen LogP contribution in [0.3, 0.4) is 0 Å². The highest BCUT2D eigenvalue weighted by molar-refractivity contribution is 7.00. The first kappa shape index (κ1) is 29.0. The van der Waals surface area contributed by atoms with Crippen LogP contribution in [-0.2, 0) is 15.9 Å². The number of hydrogen-bond donors (Lipinski definition) is 1. The summed E-state index contributed by atoms with van der Waals surface area (Å²) in [5.41, 5.74) is 4.11. The van der Waals surface area contributed by atoms with Gasteiger partial charge >= 0.3 is 8.32 Å². The van der Waals surface area contributed by atoms with E-state index in [1.807, 2.05) is 0 Å². The second-order valence-corrected chi connectivity index (χ2v) is 18.7. The lowest BCUT2D eigenvalue weighted by atomic mass is 9.53. The van der Waals surface area contributed by atoms with Gasteiger partial charge in [-0.1, -0.05) is 106 Å². The maximum Gasteiger partial charge on any atom is 0.319 e. The molecule has 1 saturated heterocycles. The topological polar surface area (TPSA) is 47.9 Å². The van der Waals surface area contributed by atoms with Crippen molar-refractivity contribution in [1.29, 1.82) is 0 Å². The van der Waals surface area contributed by atoms with Gasteiger partial charge in [0, 0.05) is 17.8 Å². The highest BCUT2D eigenvalue weighted by atomic mass is 28.4. The van der Waals surface area contributed by atoms with Crippen molar-refractivity contribution in [2.45, 2.75) is 76.5 Å². The zero-order chi connectivity index (χ0) is 29.9. The molecule has 3 aromatic rings. The molecule has 1 spiro atoms. The Kier molecular flexibility index (Phi) is 7.24. The number of rotatable bonds is 5. The van der Waals surface area contributed by atoms with Crippen LogP contribution in [0, 0.1) is 17.3 Å². The number of benzene rings is 3. The Morgan fingerprint density at radius 1 is 0.930 bits per heavy atom. The van der Waals surface area contributed by atoms with Gasteiger partial charge in [-0.05, 0) is 76.2 Å². The van der Waals surface area contributed by atoms with E-state index in [1.54, 1.807) is 0 Å². The van der Waals surface area contributed by atoms with Gasteiger partial charge in [-0.2, -0.15) is 0 Å². The standard InChI is InChI=1S/C38H46O4Si/c1-36(2,3)43(30-11-7-5-8-12-30,31-13-9-6-10-14-31)42-29-16-18-32-27(25-29)15-17-33-34-19-21-38(40-23-24-41-38)37(34,4)26-28(20-22-39)35(32)33/h5-14,16,18,20,25,33-35,39H,15,17,19,21-24,26H2,1-4H3/b28-20+. The molecule has 3 aromatic carbocycles. The summed E-state index contributed by atoms with van der Waals surface area (Å²) in [6.45, 7) is 10.8. The first-order valence-electron chi connectivity index (χ1n) is 16.2. The molecular weight excluding hydrogens is 549 g/mol. The van der Waals surface area contributed by atoms with E-state index in [0.29, 0.717) is 31.0 Å². The van der Waals surface area contributed by atoms with Gasteiger partial charge in [0.1, 0.15) is 5.75 Å². The van der Waals surface area contributed by atoms with Crippen LogP contribution in [0.25, 0.3) is 0 Å². The lowest BCUT2D eigenvalue weighted by Gasteiger charge is -2.54. The van der Waals surface area contributed by atoms with Gasteiger partial charge in [0.15, 0.2) is 5.79 Å². The number of aliphatic hydroxyl groups excluding tert-OH is 1. The summed E-state index contributed by atoms with van der Waals surface area (Å²) in [4.78, 5) is 0. The minimum absolute atomic E-state index is 0.0600. The number of hydrogen-bond acceptors (Lipinski definition) is 4. The summed E-state index contributed by atoms with van der Waals surface area (Å²) in [5, 5.41) is 12.6. The molecule has 4 unspecified atom stereocenters. The van der Waals surface area contributed by atoms with Gasteiger partial charge in [0.2, 0.25) is 0 Å². The maximum absolute atomic E-state index is 10.1. The molecule has 4 aliphatic rings. The SMILES string of the molecule is CC12C/C(=C\CO)C3c4ccc(O[Si](c5ccccc5)(c5ccccc5)C(C)(C)C)cc4CCC3C1CCC21OCCO1. The monoisotopic (exact) mass is 594 g/mol. The molecule has 0 amide bonds. The summed E-state index contributed by atoms with van der Waals surface area (Å²) in [6.07, 6.45) is 7.30. The summed E-state index contributed by atoms with van der Waals surface area (Å²) in [5.74, 6) is 1.90. The molecule has 43 heavy (non-hydrogen) atoms. The minimum Gasteiger partial charge on any atom is -0.534 e. The fourth-order valence-electron chi connectivity index (χ4n) is 9.58. The van der Waals surface area contributed by atoms with E-state index < -0.39 is 14.1 Å². The summed E-state index contributed by atoms with van der Waals surface area (Å²) < 4.78 is 20.2. The highest BCUT2D eigenvalue weighted by Crippen LogP contribution is 2.67. The average Bonchev–Trinajstić information content (AvgIpc) is 3.61. The summed E-state index contributed by atoms with van der Waals surface area (Å²) >= 11 is 0. The number of aryl methyl sites for hydroxylation is 1. The molecule has 1 N–H and O–H groups in total. The molecule has 226 valence electrons. The van der Waals surface area contributed by atoms with Crippen LogP contribution in [0.15, 0.2) is 90.5 Å². The second kappa shape index (κ2) is 10.7. The van der Waals surface area contributed by atoms with Gasteiger partial charge < -0.3 is 19.0 Å². The first-order chi connectivity index (χ1) is 20.7. The third-order valence-corrected chi connectivity index (χ3v) is 16.3. The van der Waals surface area contributed by atoms with Crippen molar-refractivity contribution >= 4 is 18.7 Å². The van der Waals surface area contributed by atoms with Crippen molar-refractivity contribution in [3.63, 3.8) is 0 Å². The van der Waals surface area contributed by atoms with E-state index in [1.165, 1.54) is 27.1 Å². The molecule has 0 bridgehead atoms. The van der Waals surface area contributed by atoms with Crippen LogP contribution in [0.4, 0.5) is 0 Å². The summed E-state index contributed by atoms with van der Waals surface area (Å²) in [6, 6.07) is 28.7. The van der Waals surface area contributed by atoms with E-state index in [9.17, 15) is 5.11 Å². The molecule has 7 rings (SSSR count). The molecule has 0 radical (unpaired) electrons. The van der Waals surface area contributed by atoms with Crippen LogP contribution in [0.2, 0.25) is 5.04 Å². The van der Waals surface area contributed by atoms with E-state index in [0.717, 1.165) is 37.9 Å².